The summed E-state index contributed by atoms with van der Waals surface area (Å²) in [5.74, 6) is 0. The van der Waals surface area contributed by atoms with Crippen LogP contribution in [-0.2, 0) is 6.54 Å². The second kappa shape index (κ2) is 7.79. The van der Waals surface area contributed by atoms with Gasteiger partial charge in [-0.25, -0.2) is 4.63 Å². The van der Waals surface area contributed by atoms with Crippen molar-refractivity contribution in [1.29, 1.82) is 0 Å². The number of aliphatic hydroxyl groups is 1. The molecule has 0 radical (unpaired) electrons. The van der Waals surface area contributed by atoms with Crippen molar-refractivity contribution in [2.24, 2.45) is 0 Å². The van der Waals surface area contributed by atoms with Gasteiger partial charge in [-0.2, -0.15) is 0 Å². The van der Waals surface area contributed by atoms with Crippen LogP contribution in [0, 0.1) is 10.1 Å². The van der Waals surface area contributed by atoms with Gasteiger partial charge in [0.05, 0.1) is 10.6 Å². The van der Waals surface area contributed by atoms with Gasteiger partial charge in [0.15, 0.2) is 5.52 Å². The van der Waals surface area contributed by atoms with E-state index in [0.29, 0.717) is 36.4 Å². The van der Waals surface area contributed by atoms with Crippen LogP contribution in [0.1, 0.15) is 12.0 Å². The van der Waals surface area contributed by atoms with Gasteiger partial charge in [0, 0.05) is 26.7 Å². The first kappa shape index (κ1) is 17.6. The average Bonchev–Trinajstić information content (AvgIpc) is 3.10. The summed E-state index contributed by atoms with van der Waals surface area (Å²) in [6, 6.07) is 11.5. The van der Waals surface area contributed by atoms with E-state index in [-0.39, 0.29) is 17.8 Å². The van der Waals surface area contributed by atoms with E-state index in [1.807, 2.05) is 42.3 Å². The van der Waals surface area contributed by atoms with Crippen LogP contribution in [0.4, 0.5) is 17.1 Å². The lowest BCUT2D eigenvalue weighted by Crippen LogP contribution is -2.17. The van der Waals surface area contributed by atoms with Gasteiger partial charge in [-0.3, -0.25) is 10.1 Å². The Labute approximate surface area is 149 Å². The van der Waals surface area contributed by atoms with Crippen molar-refractivity contribution in [2.45, 2.75) is 13.0 Å². The first-order chi connectivity index (χ1) is 12.6. The molecule has 0 spiro atoms. The summed E-state index contributed by atoms with van der Waals surface area (Å²) >= 11 is 0. The van der Waals surface area contributed by atoms with Crippen molar-refractivity contribution in [3.8, 4) is 0 Å². The molecule has 0 fully saturated rings. The second-order valence-electron chi connectivity index (χ2n) is 5.86. The molecule has 0 aliphatic carbocycles. The molecule has 0 saturated carbocycles. The van der Waals surface area contributed by atoms with Crippen LogP contribution in [0.3, 0.4) is 0 Å². The Morgan fingerprint density at radius 3 is 2.69 bits per heavy atom. The minimum Gasteiger partial charge on any atom is -0.396 e. The fraction of sp³-hybridized carbons (Fsp3) is 0.294. The number of benzene rings is 2. The minimum absolute atomic E-state index is 0.00464. The molecule has 3 rings (SSSR count). The van der Waals surface area contributed by atoms with E-state index in [4.69, 9.17) is 9.74 Å². The number of nitrogens with one attached hydrogen (secondary N) is 1. The number of hydrogen-bond acceptors (Lipinski definition) is 8. The number of aliphatic hydroxyl groups excluding tert-OH is 1. The molecule has 2 N–H and O–H groups in total. The molecule has 0 bridgehead atoms. The lowest BCUT2D eigenvalue weighted by molar-refractivity contribution is -0.382. The summed E-state index contributed by atoms with van der Waals surface area (Å²) in [5, 5.41) is 31.1. The number of fused-ring (bicyclic) bond motifs is 1. The Hall–Kier alpha value is -3.20. The lowest BCUT2D eigenvalue weighted by atomic mass is 10.1. The molecular formula is C17H19N5O4. The van der Waals surface area contributed by atoms with Crippen molar-refractivity contribution in [3.05, 3.63) is 52.1 Å². The highest BCUT2D eigenvalue weighted by atomic mass is 16.6. The van der Waals surface area contributed by atoms with Gasteiger partial charge in [-0.15, -0.1) is 0 Å². The summed E-state index contributed by atoms with van der Waals surface area (Å²) in [5.41, 5.74) is 2.33. The van der Waals surface area contributed by atoms with Crippen molar-refractivity contribution in [3.63, 3.8) is 0 Å². The van der Waals surface area contributed by atoms with Crippen molar-refractivity contribution in [1.82, 2.24) is 10.3 Å². The quantitative estimate of drug-likeness (QED) is 0.359. The third-order valence-corrected chi connectivity index (χ3v) is 4.00. The third-order valence-electron chi connectivity index (χ3n) is 4.00. The van der Waals surface area contributed by atoms with E-state index in [0.717, 1.165) is 5.56 Å². The zero-order valence-electron chi connectivity index (χ0n) is 14.3. The number of nitrogens with zero attached hydrogens (tertiary/aromatic N) is 4. The molecule has 1 heterocycles. The highest BCUT2D eigenvalue weighted by Gasteiger charge is 2.26. The summed E-state index contributed by atoms with van der Waals surface area (Å²) in [4.78, 5) is 13.0. The van der Waals surface area contributed by atoms with Gasteiger partial charge in [-0.1, -0.05) is 30.3 Å². The van der Waals surface area contributed by atoms with Gasteiger partial charge in [0.2, 0.25) is 5.52 Å². The van der Waals surface area contributed by atoms with E-state index in [9.17, 15) is 10.1 Å². The van der Waals surface area contributed by atoms with Crippen molar-refractivity contribution < 1.29 is 14.7 Å². The highest BCUT2D eigenvalue weighted by molar-refractivity contribution is 5.99. The number of hydrogen-bond donors (Lipinski definition) is 2. The monoisotopic (exact) mass is 357 g/mol. The fourth-order valence-corrected chi connectivity index (χ4v) is 2.77. The zero-order chi connectivity index (χ0) is 18.5. The van der Waals surface area contributed by atoms with E-state index in [2.05, 4.69) is 15.6 Å². The van der Waals surface area contributed by atoms with Crippen LogP contribution < -0.4 is 10.2 Å². The van der Waals surface area contributed by atoms with E-state index >= 15 is 0 Å². The summed E-state index contributed by atoms with van der Waals surface area (Å²) < 4.78 is 4.78. The molecule has 3 aromatic rings. The molecule has 0 amide bonds. The minimum atomic E-state index is -0.505. The number of aromatic nitrogens is 2. The normalized spacial score (nSPS) is 10.8. The lowest BCUT2D eigenvalue weighted by Gasteiger charge is -2.20. The van der Waals surface area contributed by atoms with Gasteiger partial charge in [0.1, 0.15) is 5.69 Å². The van der Waals surface area contributed by atoms with Crippen LogP contribution in [0.5, 0.6) is 0 Å². The van der Waals surface area contributed by atoms with E-state index in [1.165, 1.54) is 0 Å². The fourth-order valence-electron chi connectivity index (χ4n) is 2.77. The zero-order valence-corrected chi connectivity index (χ0v) is 14.3. The topological polar surface area (TPSA) is 118 Å². The van der Waals surface area contributed by atoms with Gasteiger partial charge >= 0.3 is 5.69 Å². The maximum Gasteiger partial charge on any atom is 0.323 e. The average molecular weight is 357 g/mol. The summed E-state index contributed by atoms with van der Waals surface area (Å²) in [6.45, 7) is 0.988. The molecule has 2 aromatic carbocycles. The molecule has 9 heteroatoms. The molecule has 136 valence electrons. The molecule has 0 aliphatic rings. The Morgan fingerprint density at radius 1 is 1.27 bits per heavy atom. The number of nitro benzene ring substituents is 1. The van der Waals surface area contributed by atoms with Crippen LogP contribution in [0.2, 0.25) is 0 Å². The van der Waals surface area contributed by atoms with Gasteiger partial charge in [0.25, 0.3) is 0 Å². The van der Waals surface area contributed by atoms with E-state index in [1.54, 1.807) is 6.07 Å². The maximum atomic E-state index is 11.5. The largest absolute Gasteiger partial charge is 0.396 e. The highest BCUT2D eigenvalue weighted by Crippen LogP contribution is 2.38. The molecular weight excluding hydrogens is 338 g/mol. The molecule has 0 atom stereocenters. The maximum absolute atomic E-state index is 11.5. The molecule has 1 aromatic heterocycles. The first-order valence-electron chi connectivity index (χ1n) is 8.15. The van der Waals surface area contributed by atoms with Crippen molar-refractivity contribution >= 4 is 28.1 Å². The Bertz CT molecular complexity index is 897. The van der Waals surface area contributed by atoms with Crippen LogP contribution >= 0.6 is 0 Å². The standard InChI is InChI=1S/C17H19N5O4/c1-21(11-12-6-3-2-4-7-12)14-10-13(18-8-5-9-23)17(22(24)25)16-15(14)19-26-20-16/h2-4,6-7,10,18,23H,5,8-9,11H2,1H3. The SMILES string of the molecule is CN(Cc1ccccc1)c1cc(NCCCO)c([N+](=O)[O-])c2nonc12. The predicted molar refractivity (Wildman–Crippen MR) is 97.2 cm³/mol. The number of nitro groups is 1. The Balaban J connectivity index is 2.02. The Morgan fingerprint density at radius 2 is 2.00 bits per heavy atom. The van der Waals surface area contributed by atoms with Crippen LogP contribution in [0.25, 0.3) is 11.0 Å². The van der Waals surface area contributed by atoms with E-state index < -0.39 is 4.92 Å². The predicted octanol–water partition coefficient (Wildman–Crippen LogP) is 2.56. The number of anilines is 2. The van der Waals surface area contributed by atoms with Crippen LogP contribution in [0.15, 0.2) is 41.0 Å². The molecule has 0 aliphatic heterocycles. The second-order valence-corrected chi connectivity index (χ2v) is 5.86. The first-order valence-corrected chi connectivity index (χ1v) is 8.15. The molecule has 0 unspecified atom stereocenters. The Kier molecular flexibility index (Phi) is 5.28. The third kappa shape index (κ3) is 3.57. The summed E-state index contributed by atoms with van der Waals surface area (Å²) in [6.07, 6.45) is 0.474. The van der Waals surface area contributed by atoms with Crippen molar-refractivity contribution in [2.75, 3.05) is 30.4 Å². The molecule has 0 saturated heterocycles. The van der Waals surface area contributed by atoms with Gasteiger partial charge < -0.3 is 15.3 Å². The smallest absolute Gasteiger partial charge is 0.323 e. The van der Waals surface area contributed by atoms with Gasteiger partial charge in [-0.05, 0) is 28.4 Å². The molecule has 9 nitrogen and oxygen atoms in total. The van der Waals surface area contributed by atoms with Crippen LogP contribution in [-0.4, -0.2) is 40.5 Å². The summed E-state index contributed by atoms with van der Waals surface area (Å²) in [7, 11) is 1.87. The number of rotatable bonds is 8. The molecule has 26 heavy (non-hydrogen) atoms.